The van der Waals surface area contributed by atoms with Gasteiger partial charge in [-0.05, 0) is 12.1 Å². The van der Waals surface area contributed by atoms with Crippen LogP contribution in [0.25, 0.3) is 5.69 Å². The van der Waals surface area contributed by atoms with Crippen LogP contribution in [0.5, 0.6) is 0 Å². The van der Waals surface area contributed by atoms with Gasteiger partial charge in [0.1, 0.15) is 10.9 Å². The van der Waals surface area contributed by atoms with Gasteiger partial charge in [-0.25, -0.2) is 0 Å². The van der Waals surface area contributed by atoms with Crippen molar-refractivity contribution in [1.82, 2.24) is 15.1 Å². The van der Waals surface area contributed by atoms with Crippen molar-refractivity contribution in [3.8, 4) is 5.69 Å². The van der Waals surface area contributed by atoms with Crippen LogP contribution in [0.15, 0.2) is 30.3 Å². The summed E-state index contributed by atoms with van der Waals surface area (Å²) in [7, 11) is 1.88. The van der Waals surface area contributed by atoms with E-state index in [9.17, 15) is 0 Å². The molecular weight excluding hydrogens is 164 g/mol. The van der Waals surface area contributed by atoms with Crippen LogP contribution >= 0.6 is 0 Å². The Morgan fingerprint density at radius 3 is 2.46 bits per heavy atom. The molecule has 1 heterocycles. The SMILES string of the molecule is Cc1n(-c2ccccc2)nn[n+]1C. The van der Waals surface area contributed by atoms with Gasteiger partial charge in [0, 0.05) is 6.92 Å². The van der Waals surface area contributed by atoms with Crippen LogP contribution < -0.4 is 4.68 Å². The van der Waals surface area contributed by atoms with Crippen molar-refractivity contribution < 1.29 is 4.68 Å². The molecule has 0 aliphatic heterocycles. The number of benzene rings is 1. The van der Waals surface area contributed by atoms with E-state index in [-0.39, 0.29) is 0 Å². The summed E-state index contributed by atoms with van der Waals surface area (Å²) in [4.78, 5) is 0. The topological polar surface area (TPSA) is 34.6 Å². The van der Waals surface area contributed by atoms with E-state index >= 15 is 0 Å². The molecule has 1 aromatic heterocycles. The van der Waals surface area contributed by atoms with E-state index in [4.69, 9.17) is 0 Å². The van der Waals surface area contributed by atoms with Gasteiger partial charge in [0.05, 0.1) is 7.05 Å². The molecule has 0 fully saturated rings. The number of para-hydroxylation sites is 1. The summed E-state index contributed by atoms with van der Waals surface area (Å²) in [5.41, 5.74) is 1.04. The zero-order valence-corrected chi connectivity index (χ0v) is 7.68. The third-order valence-electron chi connectivity index (χ3n) is 2.04. The van der Waals surface area contributed by atoms with Gasteiger partial charge in [-0.15, -0.1) is 4.68 Å². The lowest BCUT2D eigenvalue weighted by molar-refractivity contribution is -0.737. The van der Waals surface area contributed by atoms with Crippen molar-refractivity contribution in [1.29, 1.82) is 0 Å². The zero-order valence-electron chi connectivity index (χ0n) is 7.68. The molecule has 66 valence electrons. The minimum atomic E-state index is 1.01. The van der Waals surface area contributed by atoms with Crippen LogP contribution in [0, 0.1) is 6.92 Å². The van der Waals surface area contributed by atoms with E-state index in [0.717, 1.165) is 11.5 Å². The van der Waals surface area contributed by atoms with Crippen molar-refractivity contribution >= 4 is 0 Å². The Morgan fingerprint density at radius 2 is 1.92 bits per heavy atom. The second kappa shape index (κ2) is 2.97. The largest absolute Gasteiger partial charge is 0.259 e. The lowest BCUT2D eigenvalue weighted by atomic mass is 10.3. The van der Waals surface area contributed by atoms with Crippen molar-refractivity contribution in [2.45, 2.75) is 6.92 Å². The molecule has 0 N–H and O–H groups in total. The van der Waals surface area contributed by atoms with E-state index < -0.39 is 0 Å². The molecule has 1 aromatic carbocycles. The first kappa shape index (κ1) is 7.91. The minimum Gasteiger partial charge on any atom is -0.140 e. The predicted molar refractivity (Wildman–Crippen MR) is 47.3 cm³/mol. The van der Waals surface area contributed by atoms with Gasteiger partial charge >= 0.3 is 0 Å². The Labute approximate surface area is 76.4 Å². The summed E-state index contributed by atoms with van der Waals surface area (Å²) in [6.45, 7) is 1.98. The predicted octanol–water partition coefficient (Wildman–Crippen LogP) is 0.400. The number of rotatable bonds is 1. The number of tetrazole rings is 1. The van der Waals surface area contributed by atoms with Crippen LogP contribution in [0.3, 0.4) is 0 Å². The van der Waals surface area contributed by atoms with Gasteiger partial charge in [0.2, 0.25) is 0 Å². The summed E-state index contributed by atoms with van der Waals surface area (Å²) < 4.78 is 3.55. The lowest BCUT2D eigenvalue weighted by Gasteiger charge is -1.92. The van der Waals surface area contributed by atoms with Gasteiger partial charge in [0.25, 0.3) is 5.82 Å². The third kappa shape index (κ3) is 1.30. The van der Waals surface area contributed by atoms with E-state index in [2.05, 4.69) is 10.4 Å². The molecule has 0 aliphatic carbocycles. The zero-order chi connectivity index (χ0) is 9.26. The molecule has 0 radical (unpaired) electrons. The molecule has 0 unspecified atom stereocenters. The molecule has 0 aliphatic rings. The van der Waals surface area contributed by atoms with Crippen molar-refractivity contribution in [3.05, 3.63) is 36.2 Å². The van der Waals surface area contributed by atoms with Crippen LogP contribution in [0.4, 0.5) is 0 Å². The Morgan fingerprint density at radius 1 is 1.23 bits per heavy atom. The van der Waals surface area contributed by atoms with Crippen molar-refractivity contribution in [2.24, 2.45) is 7.05 Å². The second-order valence-electron chi connectivity index (χ2n) is 2.90. The lowest BCUT2D eigenvalue weighted by Crippen LogP contribution is -2.33. The van der Waals surface area contributed by atoms with Gasteiger partial charge in [-0.1, -0.05) is 22.9 Å². The Balaban J connectivity index is 2.53. The number of aromatic nitrogens is 4. The molecule has 0 atom stereocenters. The van der Waals surface area contributed by atoms with E-state index in [1.165, 1.54) is 0 Å². The molecule has 4 heteroatoms. The third-order valence-corrected chi connectivity index (χ3v) is 2.04. The monoisotopic (exact) mass is 175 g/mol. The van der Waals surface area contributed by atoms with Gasteiger partial charge in [-0.2, -0.15) is 0 Å². The Kier molecular flexibility index (Phi) is 1.81. The maximum atomic E-state index is 4.02. The highest BCUT2D eigenvalue weighted by Crippen LogP contribution is 2.04. The first-order valence-electron chi connectivity index (χ1n) is 4.13. The number of aryl methyl sites for hydroxylation is 1. The smallest absolute Gasteiger partial charge is 0.140 e. The summed E-state index contributed by atoms with van der Waals surface area (Å²) in [6.07, 6.45) is 0. The van der Waals surface area contributed by atoms with Gasteiger partial charge in [0.15, 0.2) is 5.21 Å². The molecule has 2 aromatic rings. The van der Waals surface area contributed by atoms with E-state index in [1.54, 1.807) is 9.36 Å². The Hall–Kier alpha value is -1.71. The molecule has 0 saturated carbocycles. The Bertz CT molecular complexity index is 405. The van der Waals surface area contributed by atoms with E-state index in [1.807, 2.05) is 44.3 Å². The van der Waals surface area contributed by atoms with Crippen LogP contribution in [-0.4, -0.2) is 15.1 Å². The van der Waals surface area contributed by atoms with Gasteiger partial charge < -0.3 is 0 Å². The quantitative estimate of drug-likeness (QED) is 0.588. The second-order valence-corrected chi connectivity index (χ2v) is 2.90. The molecule has 13 heavy (non-hydrogen) atoms. The highest BCUT2D eigenvalue weighted by molar-refractivity contribution is 5.29. The molecule has 0 bridgehead atoms. The number of nitrogens with zero attached hydrogens (tertiary/aromatic N) is 4. The maximum absolute atomic E-state index is 4.02. The fraction of sp³-hybridized carbons (Fsp3) is 0.222. The van der Waals surface area contributed by atoms with Gasteiger partial charge in [-0.3, -0.25) is 0 Å². The summed E-state index contributed by atoms with van der Waals surface area (Å²) in [6, 6.07) is 9.95. The first-order chi connectivity index (χ1) is 6.29. The average Bonchev–Trinajstić information content (AvgIpc) is 2.49. The summed E-state index contributed by atoms with van der Waals surface area (Å²) in [5, 5.41) is 7.94. The normalized spacial score (nSPS) is 10.3. The molecular formula is C9H11N4+. The maximum Gasteiger partial charge on any atom is 0.259 e. The highest BCUT2D eigenvalue weighted by Gasteiger charge is 2.13. The highest BCUT2D eigenvalue weighted by atomic mass is 15.6. The van der Waals surface area contributed by atoms with E-state index in [0.29, 0.717) is 0 Å². The van der Waals surface area contributed by atoms with Crippen LogP contribution in [0.2, 0.25) is 0 Å². The van der Waals surface area contributed by atoms with Crippen LogP contribution in [-0.2, 0) is 7.05 Å². The minimum absolute atomic E-state index is 1.01. The average molecular weight is 175 g/mol. The van der Waals surface area contributed by atoms with Crippen molar-refractivity contribution in [3.63, 3.8) is 0 Å². The molecule has 0 spiro atoms. The van der Waals surface area contributed by atoms with Crippen LogP contribution in [0.1, 0.15) is 5.82 Å². The fourth-order valence-corrected chi connectivity index (χ4v) is 1.17. The molecule has 0 amide bonds. The number of hydrogen-bond donors (Lipinski definition) is 0. The summed E-state index contributed by atoms with van der Waals surface area (Å²) in [5.74, 6) is 1.01. The molecule has 0 saturated heterocycles. The standard InChI is InChI=1S/C9H11N4/c1-8-12(2)10-11-13(8)9-6-4-3-5-7-9/h3-7H,1-2H3/q+1. The molecule has 2 rings (SSSR count). The number of hydrogen-bond acceptors (Lipinski definition) is 2. The first-order valence-corrected chi connectivity index (χ1v) is 4.13. The fourth-order valence-electron chi connectivity index (χ4n) is 1.17. The molecule has 4 nitrogen and oxygen atoms in total. The summed E-state index contributed by atoms with van der Waals surface area (Å²) >= 11 is 0. The van der Waals surface area contributed by atoms with Crippen molar-refractivity contribution in [2.75, 3.05) is 0 Å².